The Morgan fingerprint density at radius 3 is 3.05 bits per heavy atom. The normalized spacial score (nSPS) is 12.3. The molecule has 0 unspecified atom stereocenters. The fourth-order valence-corrected chi connectivity index (χ4v) is 2.14. The molecule has 2 heterocycles. The van der Waals surface area contributed by atoms with E-state index < -0.39 is 0 Å². The van der Waals surface area contributed by atoms with Crippen molar-refractivity contribution in [3.63, 3.8) is 0 Å². The molecule has 1 aliphatic rings. The minimum atomic E-state index is 0.266. The zero-order chi connectivity index (χ0) is 14.7. The first-order valence-electron chi connectivity index (χ1n) is 6.86. The number of para-hydroxylation sites is 1. The maximum atomic E-state index is 5.48. The molecule has 21 heavy (non-hydrogen) atoms. The van der Waals surface area contributed by atoms with Crippen LogP contribution in [0.5, 0.6) is 17.4 Å². The maximum absolute atomic E-state index is 5.48. The van der Waals surface area contributed by atoms with Gasteiger partial charge in [0.2, 0.25) is 18.6 Å². The van der Waals surface area contributed by atoms with E-state index in [-0.39, 0.29) is 6.79 Å². The van der Waals surface area contributed by atoms with Gasteiger partial charge in [0.1, 0.15) is 0 Å². The average molecular weight is 287 g/mol. The number of hydrogen-bond acceptors (Lipinski definition) is 6. The molecule has 0 spiro atoms. The van der Waals surface area contributed by atoms with Gasteiger partial charge in [0.05, 0.1) is 6.61 Å². The highest BCUT2D eigenvalue weighted by Gasteiger charge is 2.17. The van der Waals surface area contributed by atoms with Crippen LogP contribution in [0.2, 0.25) is 0 Å². The Bertz CT molecular complexity index is 646. The highest BCUT2D eigenvalue weighted by Crippen LogP contribution is 2.35. The van der Waals surface area contributed by atoms with Crippen LogP contribution >= 0.6 is 0 Å². The predicted molar refractivity (Wildman–Crippen MR) is 77.8 cm³/mol. The topological polar surface area (TPSA) is 65.5 Å². The first-order valence-corrected chi connectivity index (χ1v) is 6.86. The maximum Gasteiger partial charge on any atom is 0.231 e. The van der Waals surface area contributed by atoms with Gasteiger partial charge in [-0.1, -0.05) is 12.1 Å². The number of aryl methyl sites for hydroxylation is 1. The van der Waals surface area contributed by atoms with Crippen molar-refractivity contribution < 1.29 is 14.2 Å². The van der Waals surface area contributed by atoms with E-state index >= 15 is 0 Å². The first kappa shape index (κ1) is 13.5. The monoisotopic (exact) mass is 287 g/mol. The van der Waals surface area contributed by atoms with Crippen LogP contribution in [0.4, 0.5) is 5.95 Å². The fourth-order valence-electron chi connectivity index (χ4n) is 2.14. The van der Waals surface area contributed by atoms with Crippen molar-refractivity contribution >= 4 is 5.95 Å². The zero-order valence-electron chi connectivity index (χ0n) is 12.0. The SMILES string of the molecule is CCOc1cc(C)nc(NCc2cccc3c2OCO3)n1. The number of fused-ring (bicyclic) bond motifs is 1. The van der Waals surface area contributed by atoms with E-state index in [1.165, 1.54) is 0 Å². The molecule has 0 radical (unpaired) electrons. The lowest BCUT2D eigenvalue weighted by atomic mass is 10.2. The molecule has 0 saturated carbocycles. The Kier molecular flexibility index (Phi) is 3.77. The van der Waals surface area contributed by atoms with Gasteiger partial charge in [-0.05, 0) is 19.9 Å². The first-order chi connectivity index (χ1) is 10.3. The van der Waals surface area contributed by atoms with Gasteiger partial charge in [-0.25, -0.2) is 4.98 Å². The standard InChI is InChI=1S/C15H17N3O3/c1-3-19-13-7-10(2)17-15(18-13)16-8-11-5-4-6-12-14(11)21-9-20-12/h4-7H,3,8-9H2,1-2H3,(H,16,17,18). The molecule has 3 rings (SSSR count). The number of nitrogens with one attached hydrogen (secondary N) is 1. The van der Waals surface area contributed by atoms with Gasteiger partial charge in [0, 0.05) is 23.9 Å². The summed E-state index contributed by atoms with van der Waals surface area (Å²) in [6, 6.07) is 7.63. The fraction of sp³-hybridized carbons (Fsp3) is 0.333. The minimum absolute atomic E-state index is 0.266. The Hall–Kier alpha value is -2.50. The molecule has 110 valence electrons. The summed E-state index contributed by atoms with van der Waals surface area (Å²) in [7, 11) is 0. The molecule has 0 amide bonds. The second kappa shape index (κ2) is 5.87. The number of ether oxygens (including phenoxy) is 3. The Balaban J connectivity index is 1.75. The van der Waals surface area contributed by atoms with Crippen molar-refractivity contribution in [1.29, 1.82) is 0 Å². The van der Waals surface area contributed by atoms with Gasteiger partial charge < -0.3 is 19.5 Å². The van der Waals surface area contributed by atoms with E-state index in [1.54, 1.807) is 0 Å². The summed E-state index contributed by atoms with van der Waals surface area (Å²) in [5.74, 6) is 2.66. The van der Waals surface area contributed by atoms with Gasteiger partial charge in [-0.2, -0.15) is 4.98 Å². The third-order valence-electron chi connectivity index (χ3n) is 3.04. The van der Waals surface area contributed by atoms with Gasteiger partial charge >= 0.3 is 0 Å². The third kappa shape index (κ3) is 2.99. The molecular weight excluding hydrogens is 270 g/mol. The molecule has 1 N–H and O–H groups in total. The molecule has 6 heteroatoms. The van der Waals surface area contributed by atoms with Gasteiger partial charge in [-0.3, -0.25) is 0 Å². The lowest BCUT2D eigenvalue weighted by molar-refractivity contribution is 0.173. The van der Waals surface area contributed by atoms with Crippen molar-refractivity contribution in [2.24, 2.45) is 0 Å². The summed E-state index contributed by atoms with van der Waals surface area (Å²) in [6.07, 6.45) is 0. The summed E-state index contributed by atoms with van der Waals surface area (Å²) in [5, 5.41) is 3.19. The number of aromatic nitrogens is 2. The Labute approximate surface area is 123 Å². The highest BCUT2D eigenvalue weighted by molar-refractivity contribution is 5.49. The number of benzene rings is 1. The van der Waals surface area contributed by atoms with E-state index in [4.69, 9.17) is 14.2 Å². The van der Waals surface area contributed by atoms with Gasteiger partial charge in [0.25, 0.3) is 0 Å². The third-order valence-corrected chi connectivity index (χ3v) is 3.04. The molecular formula is C15H17N3O3. The van der Waals surface area contributed by atoms with E-state index in [1.807, 2.05) is 38.1 Å². The summed E-state index contributed by atoms with van der Waals surface area (Å²) < 4.78 is 16.3. The quantitative estimate of drug-likeness (QED) is 0.911. The Morgan fingerprint density at radius 2 is 2.19 bits per heavy atom. The molecule has 0 saturated heterocycles. The van der Waals surface area contributed by atoms with Crippen molar-refractivity contribution in [2.75, 3.05) is 18.7 Å². The van der Waals surface area contributed by atoms with Crippen LogP contribution in [0.25, 0.3) is 0 Å². The van der Waals surface area contributed by atoms with Crippen molar-refractivity contribution in [3.05, 3.63) is 35.5 Å². The predicted octanol–water partition coefficient (Wildman–Crippen LogP) is 2.52. The molecule has 6 nitrogen and oxygen atoms in total. The van der Waals surface area contributed by atoms with Gasteiger partial charge in [0.15, 0.2) is 11.5 Å². The van der Waals surface area contributed by atoms with Crippen LogP contribution in [0.1, 0.15) is 18.2 Å². The Morgan fingerprint density at radius 1 is 1.29 bits per heavy atom. The molecule has 1 aliphatic heterocycles. The van der Waals surface area contributed by atoms with Crippen LogP contribution in [0.3, 0.4) is 0 Å². The lowest BCUT2D eigenvalue weighted by Crippen LogP contribution is -2.07. The summed E-state index contributed by atoms with van der Waals surface area (Å²) in [4.78, 5) is 8.67. The van der Waals surface area contributed by atoms with E-state index in [0.29, 0.717) is 25.0 Å². The minimum Gasteiger partial charge on any atom is -0.478 e. The van der Waals surface area contributed by atoms with Crippen molar-refractivity contribution in [1.82, 2.24) is 9.97 Å². The molecule has 2 aromatic rings. The molecule has 0 aliphatic carbocycles. The van der Waals surface area contributed by atoms with Crippen LogP contribution < -0.4 is 19.5 Å². The largest absolute Gasteiger partial charge is 0.478 e. The smallest absolute Gasteiger partial charge is 0.231 e. The lowest BCUT2D eigenvalue weighted by Gasteiger charge is -2.09. The highest BCUT2D eigenvalue weighted by atomic mass is 16.7. The molecule has 0 bridgehead atoms. The zero-order valence-corrected chi connectivity index (χ0v) is 12.0. The second-order valence-electron chi connectivity index (χ2n) is 4.61. The molecule has 0 atom stereocenters. The number of rotatable bonds is 5. The molecule has 1 aromatic heterocycles. The summed E-state index contributed by atoms with van der Waals surface area (Å²) in [5.41, 5.74) is 1.86. The average Bonchev–Trinajstić information content (AvgIpc) is 2.94. The molecule has 1 aromatic carbocycles. The van der Waals surface area contributed by atoms with E-state index in [0.717, 1.165) is 22.8 Å². The number of hydrogen-bond donors (Lipinski definition) is 1. The van der Waals surface area contributed by atoms with Crippen LogP contribution in [0.15, 0.2) is 24.3 Å². The van der Waals surface area contributed by atoms with Crippen LogP contribution in [-0.4, -0.2) is 23.4 Å². The van der Waals surface area contributed by atoms with E-state index in [9.17, 15) is 0 Å². The molecule has 0 fully saturated rings. The van der Waals surface area contributed by atoms with Crippen molar-refractivity contribution in [2.45, 2.75) is 20.4 Å². The summed E-state index contributed by atoms with van der Waals surface area (Å²) in [6.45, 7) is 5.23. The number of anilines is 1. The summed E-state index contributed by atoms with van der Waals surface area (Å²) >= 11 is 0. The van der Waals surface area contributed by atoms with Crippen LogP contribution in [-0.2, 0) is 6.54 Å². The number of nitrogens with zero attached hydrogens (tertiary/aromatic N) is 2. The van der Waals surface area contributed by atoms with Gasteiger partial charge in [-0.15, -0.1) is 0 Å². The van der Waals surface area contributed by atoms with Crippen LogP contribution in [0, 0.1) is 6.92 Å². The second-order valence-corrected chi connectivity index (χ2v) is 4.61. The van der Waals surface area contributed by atoms with Crippen molar-refractivity contribution in [3.8, 4) is 17.4 Å². The van der Waals surface area contributed by atoms with E-state index in [2.05, 4.69) is 15.3 Å².